The first-order valence-corrected chi connectivity index (χ1v) is 6.29. The molecule has 0 aliphatic carbocycles. The Labute approximate surface area is 120 Å². The predicted octanol–water partition coefficient (Wildman–Crippen LogP) is 1.96. The van der Waals surface area contributed by atoms with E-state index in [1.807, 2.05) is 38.1 Å². The van der Waals surface area contributed by atoms with E-state index in [4.69, 9.17) is 10.8 Å². The Kier molecular flexibility index (Phi) is 8.39. The molecule has 1 rings (SSSR count). The lowest BCUT2D eigenvalue weighted by Crippen LogP contribution is -2.36. The second kappa shape index (κ2) is 8.91. The van der Waals surface area contributed by atoms with Crippen molar-refractivity contribution in [1.82, 2.24) is 0 Å². The van der Waals surface area contributed by atoms with Gasteiger partial charge in [0, 0.05) is 12.3 Å². The van der Waals surface area contributed by atoms with Gasteiger partial charge in [0.05, 0.1) is 6.04 Å². The van der Waals surface area contributed by atoms with Gasteiger partial charge in [0.15, 0.2) is 0 Å². The molecule has 0 fully saturated rings. The van der Waals surface area contributed by atoms with Crippen LogP contribution in [0.3, 0.4) is 0 Å². The molecule has 108 valence electrons. The maximum atomic E-state index is 11.8. The van der Waals surface area contributed by atoms with Gasteiger partial charge in [-0.25, -0.2) is 0 Å². The number of aliphatic hydroxyl groups excluding tert-OH is 1. The van der Waals surface area contributed by atoms with Gasteiger partial charge >= 0.3 is 0 Å². The van der Waals surface area contributed by atoms with Crippen molar-refractivity contribution in [2.45, 2.75) is 32.7 Å². The van der Waals surface area contributed by atoms with Crippen LogP contribution in [0.1, 0.15) is 25.8 Å². The van der Waals surface area contributed by atoms with Crippen LogP contribution in [0.5, 0.6) is 0 Å². The summed E-state index contributed by atoms with van der Waals surface area (Å²) >= 11 is 0. The molecule has 19 heavy (non-hydrogen) atoms. The van der Waals surface area contributed by atoms with Gasteiger partial charge in [-0.15, -0.1) is 12.4 Å². The fraction of sp³-hybridized carbons (Fsp3) is 0.500. The Bertz CT molecular complexity index is 380. The third-order valence-electron chi connectivity index (χ3n) is 2.68. The molecule has 0 radical (unpaired) electrons. The fourth-order valence-electron chi connectivity index (χ4n) is 1.73. The van der Waals surface area contributed by atoms with Crippen LogP contribution in [-0.2, 0) is 11.2 Å². The first-order valence-electron chi connectivity index (χ1n) is 6.29. The highest BCUT2D eigenvalue weighted by Gasteiger charge is 2.14. The minimum Gasteiger partial charge on any atom is -0.396 e. The van der Waals surface area contributed by atoms with Crippen LogP contribution in [0.4, 0.5) is 5.69 Å². The van der Waals surface area contributed by atoms with Crippen LogP contribution in [0.15, 0.2) is 24.3 Å². The van der Waals surface area contributed by atoms with Gasteiger partial charge in [0.25, 0.3) is 0 Å². The molecule has 0 heterocycles. The van der Waals surface area contributed by atoms with Crippen LogP contribution in [-0.4, -0.2) is 23.7 Å². The van der Waals surface area contributed by atoms with E-state index in [2.05, 4.69) is 5.32 Å². The van der Waals surface area contributed by atoms with Crippen LogP contribution >= 0.6 is 12.4 Å². The molecule has 1 amide bonds. The molecule has 1 aromatic rings. The summed E-state index contributed by atoms with van der Waals surface area (Å²) in [5, 5.41) is 11.6. The van der Waals surface area contributed by atoms with Gasteiger partial charge < -0.3 is 16.2 Å². The first-order chi connectivity index (χ1) is 8.52. The standard InChI is InChI=1S/C14H22N2O2.ClH/c1-10(2)9-13(15)14(18)16-12-5-3-11(4-6-12)7-8-17;/h3-6,10,13,17H,7-9,15H2,1-2H3,(H,16,18);1H/t13-;/m0./s1. The van der Waals surface area contributed by atoms with Gasteiger partial charge in [-0.1, -0.05) is 26.0 Å². The van der Waals surface area contributed by atoms with Crippen LogP contribution in [0.25, 0.3) is 0 Å². The Morgan fingerprint density at radius 3 is 2.37 bits per heavy atom. The van der Waals surface area contributed by atoms with E-state index in [1.165, 1.54) is 0 Å². The summed E-state index contributed by atoms with van der Waals surface area (Å²) in [7, 11) is 0. The van der Waals surface area contributed by atoms with E-state index >= 15 is 0 Å². The molecule has 0 aromatic heterocycles. The molecule has 0 aliphatic heterocycles. The van der Waals surface area contributed by atoms with E-state index in [1.54, 1.807) is 0 Å². The summed E-state index contributed by atoms with van der Waals surface area (Å²) in [5.41, 5.74) is 7.58. The van der Waals surface area contributed by atoms with Gasteiger partial charge in [-0.3, -0.25) is 4.79 Å². The lowest BCUT2D eigenvalue weighted by Gasteiger charge is -2.14. The number of hydrogen-bond donors (Lipinski definition) is 3. The van der Waals surface area contributed by atoms with Crippen molar-refractivity contribution in [2.75, 3.05) is 11.9 Å². The van der Waals surface area contributed by atoms with Crippen molar-refractivity contribution in [1.29, 1.82) is 0 Å². The zero-order valence-corrected chi connectivity index (χ0v) is 12.2. The van der Waals surface area contributed by atoms with Crippen LogP contribution < -0.4 is 11.1 Å². The number of amides is 1. The van der Waals surface area contributed by atoms with Crippen LogP contribution in [0.2, 0.25) is 0 Å². The van der Waals surface area contributed by atoms with E-state index in [0.29, 0.717) is 18.8 Å². The highest BCUT2D eigenvalue weighted by atomic mass is 35.5. The van der Waals surface area contributed by atoms with Gasteiger partial charge in [-0.05, 0) is 36.5 Å². The molecule has 5 heteroatoms. The topological polar surface area (TPSA) is 75.4 Å². The Hall–Kier alpha value is -1.10. The minimum absolute atomic E-state index is 0. The minimum atomic E-state index is -0.470. The van der Waals surface area contributed by atoms with Gasteiger partial charge in [0.2, 0.25) is 5.91 Å². The molecule has 0 spiro atoms. The number of benzene rings is 1. The number of hydrogen-bond acceptors (Lipinski definition) is 3. The molecule has 0 bridgehead atoms. The maximum Gasteiger partial charge on any atom is 0.241 e. The summed E-state index contributed by atoms with van der Waals surface area (Å²) in [5.74, 6) is 0.247. The van der Waals surface area contributed by atoms with Crippen molar-refractivity contribution in [3.8, 4) is 0 Å². The third kappa shape index (κ3) is 6.57. The molecule has 1 atom stereocenters. The summed E-state index contributed by atoms with van der Waals surface area (Å²) in [6, 6.07) is 6.96. The Morgan fingerprint density at radius 2 is 1.89 bits per heavy atom. The van der Waals surface area contributed by atoms with Crippen molar-refractivity contribution < 1.29 is 9.90 Å². The number of carbonyl (C=O) groups is 1. The maximum absolute atomic E-state index is 11.8. The number of anilines is 1. The quantitative estimate of drug-likeness (QED) is 0.748. The van der Waals surface area contributed by atoms with E-state index in [0.717, 1.165) is 11.3 Å². The van der Waals surface area contributed by atoms with Crippen LogP contribution in [0, 0.1) is 5.92 Å². The monoisotopic (exact) mass is 286 g/mol. The van der Waals surface area contributed by atoms with Crippen molar-refractivity contribution >= 4 is 24.0 Å². The normalized spacial score (nSPS) is 11.8. The molecular formula is C14H23ClN2O2. The van der Waals surface area contributed by atoms with Crippen molar-refractivity contribution in [3.63, 3.8) is 0 Å². The molecule has 4 nitrogen and oxygen atoms in total. The summed E-state index contributed by atoms with van der Waals surface area (Å²) in [6.07, 6.45) is 1.30. The van der Waals surface area contributed by atoms with Crippen molar-refractivity contribution in [3.05, 3.63) is 29.8 Å². The molecule has 0 unspecified atom stereocenters. The number of nitrogens with two attached hydrogens (primary N) is 1. The average Bonchev–Trinajstić information content (AvgIpc) is 2.31. The molecule has 4 N–H and O–H groups in total. The summed E-state index contributed by atoms with van der Waals surface area (Å²) in [4.78, 5) is 11.8. The second-order valence-corrected chi connectivity index (χ2v) is 4.90. The third-order valence-corrected chi connectivity index (χ3v) is 2.68. The summed E-state index contributed by atoms with van der Waals surface area (Å²) in [6.45, 7) is 4.21. The Morgan fingerprint density at radius 1 is 1.32 bits per heavy atom. The number of aliphatic hydroxyl groups is 1. The molecule has 0 aliphatic rings. The average molecular weight is 287 g/mol. The zero-order chi connectivity index (χ0) is 13.5. The molecule has 1 aromatic carbocycles. The van der Waals surface area contributed by atoms with E-state index in [9.17, 15) is 4.79 Å². The van der Waals surface area contributed by atoms with E-state index in [-0.39, 0.29) is 24.9 Å². The lowest BCUT2D eigenvalue weighted by atomic mass is 10.0. The number of carbonyl (C=O) groups excluding carboxylic acids is 1. The van der Waals surface area contributed by atoms with Crippen molar-refractivity contribution in [2.24, 2.45) is 11.7 Å². The number of halogens is 1. The Balaban J connectivity index is 0.00000324. The highest BCUT2D eigenvalue weighted by Crippen LogP contribution is 2.11. The van der Waals surface area contributed by atoms with Gasteiger partial charge in [-0.2, -0.15) is 0 Å². The second-order valence-electron chi connectivity index (χ2n) is 4.90. The zero-order valence-electron chi connectivity index (χ0n) is 11.4. The molecule has 0 saturated carbocycles. The highest BCUT2D eigenvalue weighted by molar-refractivity contribution is 5.94. The smallest absolute Gasteiger partial charge is 0.241 e. The first kappa shape index (κ1) is 17.9. The largest absolute Gasteiger partial charge is 0.396 e. The fourth-order valence-corrected chi connectivity index (χ4v) is 1.73. The lowest BCUT2D eigenvalue weighted by molar-refractivity contribution is -0.117. The van der Waals surface area contributed by atoms with E-state index < -0.39 is 6.04 Å². The number of nitrogens with one attached hydrogen (secondary N) is 1. The molecular weight excluding hydrogens is 264 g/mol. The SMILES string of the molecule is CC(C)C[C@H](N)C(=O)Nc1ccc(CCO)cc1.Cl. The summed E-state index contributed by atoms with van der Waals surface area (Å²) < 4.78 is 0. The molecule has 0 saturated heterocycles. The number of rotatable bonds is 6. The predicted molar refractivity (Wildman–Crippen MR) is 80.5 cm³/mol. The van der Waals surface area contributed by atoms with Gasteiger partial charge in [0.1, 0.15) is 0 Å².